The van der Waals surface area contributed by atoms with Gasteiger partial charge in [0.05, 0.1) is 13.5 Å². The van der Waals surface area contributed by atoms with E-state index in [2.05, 4.69) is 14.4 Å². The van der Waals surface area contributed by atoms with Crippen molar-refractivity contribution in [1.82, 2.24) is 13.9 Å². The molecule has 0 amide bonds. The van der Waals surface area contributed by atoms with Crippen molar-refractivity contribution in [3.63, 3.8) is 0 Å². The molecule has 0 spiro atoms. The first-order valence-corrected chi connectivity index (χ1v) is 8.91. The minimum absolute atomic E-state index is 0.00873. The molecule has 0 aromatic rings. The van der Waals surface area contributed by atoms with E-state index in [4.69, 9.17) is 0 Å². The molecule has 0 unspecified atom stereocenters. The second kappa shape index (κ2) is 7.04. The van der Waals surface area contributed by atoms with Crippen LogP contribution in [0.2, 0.25) is 0 Å². The van der Waals surface area contributed by atoms with Gasteiger partial charge < -0.3 is 9.64 Å². The van der Waals surface area contributed by atoms with Gasteiger partial charge in [0.2, 0.25) is 0 Å². The summed E-state index contributed by atoms with van der Waals surface area (Å²) in [5.74, 6) is -0.408. The third kappa shape index (κ3) is 4.91. The van der Waals surface area contributed by atoms with Gasteiger partial charge in [0.1, 0.15) is 0 Å². The van der Waals surface area contributed by atoms with E-state index in [1.54, 1.807) is 0 Å². The van der Waals surface area contributed by atoms with Crippen LogP contribution in [0.5, 0.6) is 0 Å². The lowest BCUT2D eigenvalue weighted by Crippen LogP contribution is -2.49. The van der Waals surface area contributed by atoms with Crippen molar-refractivity contribution in [2.75, 3.05) is 33.8 Å². The van der Waals surface area contributed by atoms with Crippen molar-refractivity contribution in [3.8, 4) is 0 Å². The number of rotatable bonds is 7. The molecule has 1 aliphatic heterocycles. The van der Waals surface area contributed by atoms with E-state index in [9.17, 15) is 13.2 Å². The fourth-order valence-corrected chi connectivity index (χ4v) is 3.76. The number of hydrogen-bond acceptors (Lipinski definition) is 5. The van der Waals surface area contributed by atoms with Gasteiger partial charge in [-0.15, -0.1) is 0 Å². The van der Waals surface area contributed by atoms with Gasteiger partial charge in [-0.2, -0.15) is 17.4 Å². The van der Waals surface area contributed by atoms with Gasteiger partial charge in [-0.25, -0.2) is 0 Å². The van der Waals surface area contributed by atoms with Crippen LogP contribution >= 0.6 is 0 Å². The first kappa shape index (κ1) is 16.7. The number of piperidine rings is 1. The lowest BCUT2D eigenvalue weighted by molar-refractivity contribution is -0.140. The van der Waals surface area contributed by atoms with E-state index in [-0.39, 0.29) is 19.0 Å². The Morgan fingerprint density at radius 1 is 1.29 bits per heavy atom. The molecule has 0 radical (unpaired) electrons. The molecule has 1 aliphatic carbocycles. The lowest BCUT2D eigenvalue weighted by atomic mass is 10.1. The number of likely N-dealkylation sites (tertiary alicyclic amines) is 1. The zero-order valence-corrected chi connectivity index (χ0v) is 13.6. The predicted octanol–water partition coefficient (Wildman–Crippen LogP) is -0.0575. The first-order valence-electron chi connectivity index (χ1n) is 7.47. The van der Waals surface area contributed by atoms with Crippen LogP contribution in [0.3, 0.4) is 0 Å². The summed E-state index contributed by atoms with van der Waals surface area (Å²) in [6.07, 6.45) is 4.33. The molecule has 122 valence electrons. The molecule has 0 aromatic heterocycles. The Morgan fingerprint density at radius 2 is 1.90 bits per heavy atom. The molecular formula is C13H25N3O4S. The second-order valence-corrected chi connectivity index (χ2v) is 7.62. The molecule has 0 aromatic carbocycles. The molecule has 0 bridgehead atoms. The van der Waals surface area contributed by atoms with Gasteiger partial charge in [-0.1, -0.05) is 0 Å². The van der Waals surface area contributed by atoms with E-state index in [1.165, 1.54) is 31.3 Å². The Balaban J connectivity index is 1.76. The Bertz CT molecular complexity index is 456. The standard InChI is InChI=1S/C13H25N3O4S/c1-15(8-7-13(17)20-2)21(18,19)14-11-5-9-16(10-6-11)12-3-4-12/h11-12,14H,3-10H2,1-2H3. The molecule has 1 heterocycles. The average Bonchev–Trinajstić information content (AvgIpc) is 3.29. The Labute approximate surface area is 126 Å². The molecule has 1 saturated heterocycles. The van der Waals surface area contributed by atoms with Gasteiger partial charge >= 0.3 is 5.97 Å². The second-order valence-electron chi connectivity index (χ2n) is 5.81. The maximum absolute atomic E-state index is 12.2. The number of ether oxygens (including phenoxy) is 1. The molecular weight excluding hydrogens is 294 g/mol. The number of carbonyl (C=O) groups excluding carboxylic acids is 1. The van der Waals surface area contributed by atoms with Gasteiger partial charge in [0, 0.05) is 25.7 Å². The summed E-state index contributed by atoms with van der Waals surface area (Å²) in [7, 11) is -0.758. The maximum Gasteiger partial charge on any atom is 0.306 e. The average molecular weight is 319 g/mol. The van der Waals surface area contributed by atoms with Crippen LogP contribution in [0.4, 0.5) is 0 Å². The fraction of sp³-hybridized carbons (Fsp3) is 0.923. The quantitative estimate of drug-likeness (QED) is 0.665. The third-order valence-corrected chi connectivity index (χ3v) is 5.81. The summed E-state index contributed by atoms with van der Waals surface area (Å²) in [6.45, 7) is 2.05. The van der Waals surface area contributed by atoms with Crippen molar-refractivity contribution in [2.24, 2.45) is 0 Å². The SMILES string of the molecule is COC(=O)CCN(C)S(=O)(=O)NC1CCN(C2CC2)CC1. The van der Waals surface area contributed by atoms with E-state index in [0.717, 1.165) is 32.0 Å². The lowest BCUT2D eigenvalue weighted by Gasteiger charge is -2.33. The molecule has 1 saturated carbocycles. The highest BCUT2D eigenvalue weighted by Gasteiger charge is 2.33. The fourth-order valence-electron chi connectivity index (χ4n) is 2.59. The Kier molecular flexibility index (Phi) is 5.59. The highest BCUT2D eigenvalue weighted by Crippen LogP contribution is 2.29. The number of esters is 1. The zero-order chi connectivity index (χ0) is 15.5. The van der Waals surface area contributed by atoms with Gasteiger partial charge in [-0.05, 0) is 38.8 Å². The van der Waals surface area contributed by atoms with Crippen molar-refractivity contribution >= 4 is 16.2 Å². The molecule has 2 fully saturated rings. The van der Waals surface area contributed by atoms with Crippen molar-refractivity contribution in [3.05, 3.63) is 0 Å². The highest BCUT2D eigenvalue weighted by molar-refractivity contribution is 7.87. The Morgan fingerprint density at radius 3 is 2.43 bits per heavy atom. The predicted molar refractivity (Wildman–Crippen MR) is 78.9 cm³/mol. The van der Waals surface area contributed by atoms with Crippen LogP contribution in [0, 0.1) is 0 Å². The van der Waals surface area contributed by atoms with E-state index in [1.807, 2.05) is 0 Å². The van der Waals surface area contributed by atoms with Crippen LogP contribution in [-0.2, 0) is 19.7 Å². The van der Waals surface area contributed by atoms with Gasteiger partial charge in [0.25, 0.3) is 10.2 Å². The van der Waals surface area contributed by atoms with Crippen LogP contribution in [0.15, 0.2) is 0 Å². The third-order valence-electron chi connectivity index (χ3n) is 4.18. The van der Waals surface area contributed by atoms with Crippen molar-refractivity contribution < 1.29 is 17.9 Å². The van der Waals surface area contributed by atoms with Crippen molar-refractivity contribution in [2.45, 2.75) is 44.2 Å². The summed E-state index contributed by atoms with van der Waals surface area (Å²) in [6, 6.07) is 0.732. The molecule has 7 nitrogen and oxygen atoms in total. The molecule has 0 atom stereocenters. The van der Waals surface area contributed by atoms with Crippen LogP contribution in [-0.4, -0.2) is 69.5 Å². The van der Waals surface area contributed by atoms with Crippen LogP contribution in [0.1, 0.15) is 32.1 Å². The number of nitrogens with one attached hydrogen (secondary N) is 1. The summed E-state index contributed by atoms with van der Waals surface area (Å²) in [4.78, 5) is 13.5. The molecule has 1 N–H and O–H groups in total. The van der Waals surface area contributed by atoms with E-state index >= 15 is 0 Å². The summed E-state index contributed by atoms with van der Waals surface area (Å²) < 4.78 is 32.8. The number of nitrogens with zero attached hydrogens (tertiary/aromatic N) is 2. The monoisotopic (exact) mass is 319 g/mol. The summed E-state index contributed by atoms with van der Waals surface area (Å²) >= 11 is 0. The van der Waals surface area contributed by atoms with Crippen LogP contribution in [0.25, 0.3) is 0 Å². The minimum atomic E-state index is -3.53. The highest BCUT2D eigenvalue weighted by atomic mass is 32.2. The summed E-state index contributed by atoms with van der Waals surface area (Å²) in [5, 5.41) is 0. The molecule has 2 rings (SSSR count). The number of hydrogen-bond donors (Lipinski definition) is 1. The van der Waals surface area contributed by atoms with E-state index in [0.29, 0.717) is 0 Å². The molecule has 2 aliphatic rings. The zero-order valence-electron chi connectivity index (χ0n) is 12.7. The van der Waals surface area contributed by atoms with Gasteiger partial charge in [-0.3, -0.25) is 4.79 Å². The van der Waals surface area contributed by atoms with Gasteiger partial charge in [0.15, 0.2) is 0 Å². The molecule has 8 heteroatoms. The van der Waals surface area contributed by atoms with E-state index < -0.39 is 16.2 Å². The topological polar surface area (TPSA) is 78.9 Å². The smallest absolute Gasteiger partial charge is 0.306 e. The summed E-state index contributed by atoms with van der Waals surface area (Å²) in [5.41, 5.74) is 0. The van der Waals surface area contributed by atoms with Crippen molar-refractivity contribution in [1.29, 1.82) is 0 Å². The molecule has 21 heavy (non-hydrogen) atoms. The number of methoxy groups -OCH3 is 1. The normalized spacial score (nSPS) is 21.7. The number of carbonyl (C=O) groups is 1. The first-order chi connectivity index (χ1) is 9.92. The maximum atomic E-state index is 12.2. The largest absolute Gasteiger partial charge is 0.469 e. The van der Waals surface area contributed by atoms with Crippen LogP contribution < -0.4 is 4.72 Å². The Hall–Kier alpha value is -0.700. The minimum Gasteiger partial charge on any atom is -0.469 e.